The van der Waals surface area contributed by atoms with E-state index in [9.17, 15) is 4.79 Å². The Morgan fingerprint density at radius 2 is 2.14 bits per heavy atom. The number of nitrogens with zero attached hydrogens (tertiary/aromatic N) is 1. The van der Waals surface area contributed by atoms with Gasteiger partial charge < -0.3 is 14.9 Å². The van der Waals surface area contributed by atoms with Gasteiger partial charge in [-0.25, -0.2) is 4.79 Å². The average Bonchev–Trinajstić information content (AvgIpc) is 2.96. The fraction of sp³-hybridized carbons (Fsp3) is 0.333. The van der Waals surface area contributed by atoms with Crippen molar-refractivity contribution in [3.05, 3.63) is 36.4 Å². The number of rotatable bonds is 6. The Hall–Kier alpha value is -2.34. The molecule has 1 aromatic carbocycles. The molecule has 1 aromatic heterocycles. The summed E-state index contributed by atoms with van der Waals surface area (Å²) in [5.41, 5.74) is 0.894. The van der Waals surface area contributed by atoms with Crippen LogP contribution < -0.4 is 10.6 Å². The highest BCUT2D eigenvalue weighted by Crippen LogP contribution is 2.21. The molecule has 1 unspecified atom stereocenters. The SMILES string of the molecule is CCC(CCO)NC(=O)Nc1cc(-c2ccccc2)on1. The van der Waals surface area contributed by atoms with Crippen molar-refractivity contribution in [1.82, 2.24) is 10.5 Å². The summed E-state index contributed by atoms with van der Waals surface area (Å²) in [4.78, 5) is 11.8. The molecule has 0 aliphatic carbocycles. The lowest BCUT2D eigenvalue weighted by molar-refractivity contribution is 0.237. The first kappa shape index (κ1) is 15.1. The van der Waals surface area contributed by atoms with E-state index in [2.05, 4.69) is 15.8 Å². The Bertz CT molecular complexity index is 569. The highest BCUT2D eigenvalue weighted by molar-refractivity contribution is 5.88. The maximum absolute atomic E-state index is 11.8. The van der Waals surface area contributed by atoms with E-state index in [0.717, 1.165) is 12.0 Å². The number of nitrogens with one attached hydrogen (secondary N) is 2. The predicted octanol–water partition coefficient (Wildman–Crippen LogP) is 2.62. The molecule has 2 rings (SSSR count). The van der Waals surface area contributed by atoms with Crippen LogP contribution in [0.15, 0.2) is 40.9 Å². The number of carbonyl (C=O) groups excluding carboxylic acids is 1. The average molecular weight is 289 g/mol. The molecule has 2 aromatic rings. The first-order chi connectivity index (χ1) is 10.2. The molecule has 6 heteroatoms. The summed E-state index contributed by atoms with van der Waals surface area (Å²) < 4.78 is 5.20. The van der Waals surface area contributed by atoms with E-state index in [4.69, 9.17) is 9.63 Å². The summed E-state index contributed by atoms with van der Waals surface area (Å²) in [6.07, 6.45) is 1.28. The van der Waals surface area contributed by atoms with E-state index in [1.807, 2.05) is 37.3 Å². The van der Waals surface area contributed by atoms with Crippen LogP contribution in [0.2, 0.25) is 0 Å². The summed E-state index contributed by atoms with van der Waals surface area (Å²) >= 11 is 0. The van der Waals surface area contributed by atoms with Crippen molar-refractivity contribution in [2.24, 2.45) is 0 Å². The summed E-state index contributed by atoms with van der Waals surface area (Å²) in [6, 6.07) is 10.8. The van der Waals surface area contributed by atoms with Gasteiger partial charge >= 0.3 is 6.03 Å². The number of aromatic nitrogens is 1. The predicted molar refractivity (Wildman–Crippen MR) is 79.9 cm³/mol. The van der Waals surface area contributed by atoms with Gasteiger partial charge in [0, 0.05) is 24.3 Å². The van der Waals surface area contributed by atoms with Crippen LogP contribution in [0.4, 0.5) is 10.6 Å². The zero-order valence-corrected chi connectivity index (χ0v) is 11.9. The van der Waals surface area contributed by atoms with Crippen molar-refractivity contribution < 1.29 is 14.4 Å². The van der Waals surface area contributed by atoms with E-state index in [1.54, 1.807) is 6.07 Å². The van der Waals surface area contributed by atoms with Gasteiger partial charge in [-0.15, -0.1) is 0 Å². The monoisotopic (exact) mass is 289 g/mol. The first-order valence-electron chi connectivity index (χ1n) is 6.93. The number of amides is 2. The Labute approximate surface area is 123 Å². The Balaban J connectivity index is 1.95. The number of urea groups is 1. The minimum atomic E-state index is -0.358. The van der Waals surface area contributed by atoms with Crippen molar-refractivity contribution in [3.8, 4) is 11.3 Å². The lowest BCUT2D eigenvalue weighted by Gasteiger charge is -2.15. The molecular formula is C15H19N3O3. The van der Waals surface area contributed by atoms with Gasteiger partial charge in [-0.1, -0.05) is 42.4 Å². The van der Waals surface area contributed by atoms with Crippen LogP contribution in [0.25, 0.3) is 11.3 Å². The molecule has 6 nitrogen and oxygen atoms in total. The topological polar surface area (TPSA) is 87.4 Å². The number of carbonyl (C=O) groups is 1. The van der Waals surface area contributed by atoms with Crippen LogP contribution in [-0.4, -0.2) is 28.9 Å². The summed E-state index contributed by atoms with van der Waals surface area (Å²) in [5.74, 6) is 0.943. The van der Waals surface area contributed by atoms with Crippen LogP contribution in [0, 0.1) is 0 Å². The molecular weight excluding hydrogens is 270 g/mol. The smallest absolute Gasteiger partial charge is 0.320 e. The summed E-state index contributed by atoms with van der Waals surface area (Å²) in [7, 11) is 0. The zero-order valence-electron chi connectivity index (χ0n) is 11.9. The fourth-order valence-electron chi connectivity index (χ4n) is 1.94. The third kappa shape index (κ3) is 4.32. The number of aliphatic hydroxyl groups excluding tert-OH is 1. The molecule has 1 heterocycles. The van der Waals surface area contributed by atoms with Crippen LogP contribution in [0.5, 0.6) is 0 Å². The first-order valence-corrected chi connectivity index (χ1v) is 6.93. The van der Waals surface area contributed by atoms with E-state index < -0.39 is 0 Å². The van der Waals surface area contributed by atoms with Crippen LogP contribution in [0.1, 0.15) is 19.8 Å². The van der Waals surface area contributed by atoms with E-state index >= 15 is 0 Å². The van der Waals surface area contributed by atoms with Crippen molar-refractivity contribution in [3.63, 3.8) is 0 Å². The highest BCUT2D eigenvalue weighted by Gasteiger charge is 2.12. The van der Waals surface area contributed by atoms with Gasteiger partial charge in [-0.3, -0.25) is 5.32 Å². The highest BCUT2D eigenvalue weighted by atomic mass is 16.5. The molecule has 2 amide bonds. The molecule has 0 aliphatic rings. The molecule has 21 heavy (non-hydrogen) atoms. The van der Waals surface area contributed by atoms with Gasteiger partial charge in [0.25, 0.3) is 0 Å². The molecule has 0 radical (unpaired) electrons. The lowest BCUT2D eigenvalue weighted by atomic mass is 10.1. The molecule has 0 bridgehead atoms. The zero-order chi connectivity index (χ0) is 15.1. The molecule has 3 N–H and O–H groups in total. The van der Waals surface area contributed by atoms with Gasteiger partial charge in [-0.05, 0) is 12.8 Å². The van der Waals surface area contributed by atoms with Gasteiger partial charge in [0.1, 0.15) is 0 Å². The molecule has 0 saturated carbocycles. The molecule has 0 spiro atoms. The molecule has 0 saturated heterocycles. The quantitative estimate of drug-likeness (QED) is 0.763. The lowest BCUT2D eigenvalue weighted by Crippen LogP contribution is -2.38. The number of hydrogen-bond donors (Lipinski definition) is 3. The van der Waals surface area contributed by atoms with Crippen molar-refractivity contribution in [2.75, 3.05) is 11.9 Å². The maximum Gasteiger partial charge on any atom is 0.320 e. The third-order valence-corrected chi connectivity index (χ3v) is 3.12. The van der Waals surface area contributed by atoms with Crippen LogP contribution in [0.3, 0.4) is 0 Å². The molecule has 0 fully saturated rings. The Kier molecular flexibility index (Phi) is 5.34. The van der Waals surface area contributed by atoms with Gasteiger partial charge in [0.2, 0.25) is 0 Å². The molecule has 0 aliphatic heterocycles. The van der Waals surface area contributed by atoms with Gasteiger partial charge in [0.05, 0.1) is 0 Å². The second-order valence-corrected chi connectivity index (χ2v) is 4.66. The Morgan fingerprint density at radius 1 is 1.38 bits per heavy atom. The minimum absolute atomic E-state index is 0.0426. The Morgan fingerprint density at radius 3 is 2.81 bits per heavy atom. The fourth-order valence-corrected chi connectivity index (χ4v) is 1.94. The van der Waals surface area contributed by atoms with Gasteiger partial charge in [-0.2, -0.15) is 0 Å². The molecule has 1 atom stereocenters. The third-order valence-electron chi connectivity index (χ3n) is 3.12. The molecule has 112 valence electrons. The second kappa shape index (κ2) is 7.44. The van der Waals surface area contributed by atoms with Crippen molar-refractivity contribution >= 4 is 11.8 Å². The summed E-state index contributed by atoms with van der Waals surface area (Å²) in [6.45, 7) is 1.99. The number of aliphatic hydroxyl groups is 1. The minimum Gasteiger partial charge on any atom is -0.396 e. The summed E-state index contributed by atoms with van der Waals surface area (Å²) in [5, 5.41) is 18.1. The normalized spacial score (nSPS) is 11.9. The van der Waals surface area contributed by atoms with E-state index in [0.29, 0.717) is 18.0 Å². The van der Waals surface area contributed by atoms with E-state index in [1.165, 1.54) is 0 Å². The maximum atomic E-state index is 11.8. The number of anilines is 1. The van der Waals surface area contributed by atoms with Gasteiger partial charge in [0.15, 0.2) is 11.6 Å². The van der Waals surface area contributed by atoms with Crippen molar-refractivity contribution in [1.29, 1.82) is 0 Å². The van der Waals surface area contributed by atoms with Crippen LogP contribution >= 0.6 is 0 Å². The standard InChI is InChI=1S/C15H19N3O3/c1-2-12(8-9-19)16-15(20)17-14-10-13(21-18-14)11-6-4-3-5-7-11/h3-7,10,12,19H,2,8-9H2,1H3,(H2,16,17,18,20). The largest absolute Gasteiger partial charge is 0.396 e. The number of hydrogen-bond acceptors (Lipinski definition) is 4. The number of benzene rings is 1. The van der Waals surface area contributed by atoms with E-state index in [-0.39, 0.29) is 18.7 Å². The second-order valence-electron chi connectivity index (χ2n) is 4.66. The van der Waals surface area contributed by atoms with Crippen LogP contribution in [-0.2, 0) is 0 Å². The van der Waals surface area contributed by atoms with Crippen molar-refractivity contribution in [2.45, 2.75) is 25.8 Å².